The van der Waals surface area contributed by atoms with Crippen molar-refractivity contribution >= 4 is 0 Å². The first kappa shape index (κ1) is 15.9. The molecule has 3 N–H and O–H groups in total. The van der Waals surface area contributed by atoms with E-state index in [1.165, 1.54) is 0 Å². The summed E-state index contributed by atoms with van der Waals surface area (Å²) < 4.78 is 0. The van der Waals surface area contributed by atoms with Gasteiger partial charge in [-0.3, -0.25) is 4.98 Å². The lowest BCUT2D eigenvalue weighted by atomic mass is 9.81. The molecule has 0 radical (unpaired) electrons. The van der Waals surface area contributed by atoms with Crippen molar-refractivity contribution in [3.63, 3.8) is 0 Å². The third-order valence-electron chi connectivity index (χ3n) is 4.05. The Balaban J connectivity index is 2.75. The molecule has 0 spiro atoms. The van der Waals surface area contributed by atoms with Crippen LogP contribution < -0.4 is 5.32 Å². The summed E-state index contributed by atoms with van der Waals surface area (Å²) in [7, 11) is 0. The average Bonchev–Trinajstić information content (AvgIpc) is 2.34. The Hall–Kier alpha value is -1.13. The normalized spacial score (nSPS) is 12.2. The number of aryl methyl sites for hydroxylation is 1. The maximum absolute atomic E-state index is 10.0. The van der Waals surface area contributed by atoms with Crippen LogP contribution >= 0.6 is 0 Å². The van der Waals surface area contributed by atoms with Crippen molar-refractivity contribution < 1.29 is 10.2 Å². The van der Waals surface area contributed by atoms with Crippen molar-refractivity contribution in [2.75, 3.05) is 6.54 Å². The Morgan fingerprint density at radius 3 is 2.53 bits per heavy atom. The van der Waals surface area contributed by atoms with Crippen LogP contribution in [0, 0.1) is 18.3 Å². The molecule has 1 aromatic rings. The van der Waals surface area contributed by atoms with Crippen LogP contribution in [0.25, 0.3) is 0 Å². The highest BCUT2D eigenvalue weighted by atomic mass is 16.3. The van der Waals surface area contributed by atoms with E-state index >= 15 is 0 Å². The van der Waals surface area contributed by atoms with E-state index in [1.807, 2.05) is 0 Å². The van der Waals surface area contributed by atoms with Crippen LogP contribution in [0.3, 0.4) is 0 Å². The van der Waals surface area contributed by atoms with Gasteiger partial charge in [0.2, 0.25) is 0 Å². The maximum atomic E-state index is 10.0. The molecule has 0 atom stereocenters. The Kier molecular flexibility index (Phi) is 5.32. The molecule has 0 aliphatic rings. The van der Waals surface area contributed by atoms with Crippen LogP contribution in [-0.4, -0.2) is 21.7 Å². The van der Waals surface area contributed by atoms with Gasteiger partial charge in [-0.1, -0.05) is 27.7 Å². The molecule has 0 saturated heterocycles. The minimum Gasteiger partial charge on any atom is -0.506 e. The molecule has 0 aromatic carbocycles. The molecule has 0 unspecified atom stereocenters. The summed E-state index contributed by atoms with van der Waals surface area (Å²) in [4.78, 5) is 4.06. The molecule has 1 heterocycles. The molecule has 1 rings (SSSR count). The van der Waals surface area contributed by atoms with Crippen molar-refractivity contribution in [1.29, 1.82) is 0 Å². The van der Waals surface area contributed by atoms with Crippen LogP contribution in [0.4, 0.5) is 0 Å². The summed E-state index contributed by atoms with van der Waals surface area (Å²) in [5.41, 5.74) is 2.21. The lowest BCUT2D eigenvalue weighted by molar-refractivity contribution is 0.236. The van der Waals surface area contributed by atoms with Crippen molar-refractivity contribution in [2.24, 2.45) is 11.3 Å². The quantitative estimate of drug-likeness (QED) is 0.739. The van der Waals surface area contributed by atoms with E-state index in [0.29, 0.717) is 23.7 Å². The largest absolute Gasteiger partial charge is 0.506 e. The Bertz CT molecular complexity index is 428. The molecule has 0 saturated carbocycles. The third-order valence-corrected chi connectivity index (χ3v) is 4.05. The molecular formula is C15H26N2O2. The maximum Gasteiger partial charge on any atom is 0.141 e. The SMILES string of the molecule is Cc1ncc(CO)c(CNCC(C)(C)C(C)C)c1O. The number of hydrogen-bond donors (Lipinski definition) is 3. The summed E-state index contributed by atoms with van der Waals surface area (Å²) >= 11 is 0. The lowest BCUT2D eigenvalue weighted by Crippen LogP contribution is -2.33. The zero-order valence-corrected chi connectivity index (χ0v) is 12.6. The molecule has 19 heavy (non-hydrogen) atoms. The first-order valence-corrected chi connectivity index (χ1v) is 6.77. The van der Waals surface area contributed by atoms with Gasteiger partial charge in [-0.2, -0.15) is 0 Å². The van der Waals surface area contributed by atoms with E-state index in [9.17, 15) is 10.2 Å². The minimum atomic E-state index is -0.106. The average molecular weight is 266 g/mol. The molecule has 0 aliphatic heterocycles. The second-order valence-corrected chi connectivity index (χ2v) is 6.10. The zero-order valence-electron chi connectivity index (χ0n) is 12.6. The van der Waals surface area contributed by atoms with Gasteiger partial charge in [0.15, 0.2) is 0 Å². The number of aliphatic hydroxyl groups is 1. The van der Waals surface area contributed by atoms with E-state index in [2.05, 4.69) is 38.0 Å². The van der Waals surface area contributed by atoms with Gasteiger partial charge in [0.05, 0.1) is 12.3 Å². The number of nitrogens with one attached hydrogen (secondary N) is 1. The predicted octanol–water partition coefficient (Wildman–Crippen LogP) is 2.36. The fourth-order valence-electron chi connectivity index (χ4n) is 1.73. The molecular weight excluding hydrogens is 240 g/mol. The Morgan fingerprint density at radius 1 is 1.37 bits per heavy atom. The lowest BCUT2D eigenvalue weighted by Gasteiger charge is -2.29. The number of pyridine rings is 1. The zero-order chi connectivity index (χ0) is 14.6. The van der Waals surface area contributed by atoms with Crippen LogP contribution in [-0.2, 0) is 13.2 Å². The van der Waals surface area contributed by atoms with Gasteiger partial charge in [0.25, 0.3) is 0 Å². The third kappa shape index (κ3) is 3.91. The number of rotatable bonds is 6. The molecule has 0 amide bonds. The molecule has 0 aliphatic carbocycles. The van der Waals surface area contributed by atoms with E-state index < -0.39 is 0 Å². The molecule has 1 aromatic heterocycles. The smallest absolute Gasteiger partial charge is 0.141 e. The van der Waals surface area contributed by atoms with Crippen LogP contribution in [0.15, 0.2) is 6.20 Å². The Morgan fingerprint density at radius 2 is 2.00 bits per heavy atom. The highest BCUT2D eigenvalue weighted by Crippen LogP contribution is 2.26. The van der Waals surface area contributed by atoms with Gasteiger partial charge in [-0.15, -0.1) is 0 Å². The summed E-state index contributed by atoms with van der Waals surface area (Å²) in [6, 6.07) is 0. The highest BCUT2D eigenvalue weighted by molar-refractivity contribution is 5.40. The Labute approximate surface area is 115 Å². The van der Waals surface area contributed by atoms with Crippen LogP contribution in [0.5, 0.6) is 5.75 Å². The van der Waals surface area contributed by atoms with Crippen molar-refractivity contribution in [3.8, 4) is 5.75 Å². The van der Waals surface area contributed by atoms with Gasteiger partial charge in [0.1, 0.15) is 5.75 Å². The van der Waals surface area contributed by atoms with Gasteiger partial charge < -0.3 is 15.5 Å². The fourth-order valence-corrected chi connectivity index (χ4v) is 1.73. The van der Waals surface area contributed by atoms with Gasteiger partial charge in [0, 0.05) is 30.4 Å². The first-order chi connectivity index (χ1) is 8.79. The molecule has 0 fully saturated rings. The summed E-state index contributed by atoms with van der Waals surface area (Å²) in [5.74, 6) is 0.756. The van der Waals surface area contributed by atoms with Crippen molar-refractivity contribution in [1.82, 2.24) is 10.3 Å². The molecule has 4 nitrogen and oxygen atoms in total. The van der Waals surface area contributed by atoms with Crippen LogP contribution in [0.2, 0.25) is 0 Å². The second kappa shape index (κ2) is 6.35. The number of nitrogens with zero attached hydrogens (tertiary/aromatic N) is 1. The fraction of sp³-hybridized carbons (Fsp3) is 0.667. The van der Waals surface area contributed by atoms with E-state index in [1.54, 1.807) is 13.1 Å². The molecule has 108 valence electrons. The van der Waals surface area contributed by atoms with Gasteiger partial charge >= 0.3 is 0 Å². The van der Waals surface area contributed by atoms with Crippen molar-refractivity contribution in [2.45, 2.75) is 47.8 Å². The first-order valence-electron chi connectivity index (χ1n) is 6.77. The summed E-state index contributed by atoms with van der Waals surface area (Å²) in [6.07, 6.45) is 1.62. The van der Waals surface area contributed by atoms with E-state index in [4.69, 9.17) is 0 Å². The topological polar surface area (TPSA) is 65.4 Å². The van der Waals surface area contributed by atoms with Gasteiger partial charge in [-0.25, -0.2) is 0 Å². The minimum absolute atomic E-state index is 0.106. The van der Waals surface area contributed by atoms with E-state index in [0.717, 1.165) is 12.1 Å². The predicted molar refractivity (Wildman–Crippen MR) is 76.9 cm³/mol. The number of hydrogen-bond acceptors (Lipinski definition) is 4. The summed E-state index contributed by atoms with van der Waals surface area (Å²) in [6.45, 7) is 11.9. The second-order valence-electron chi connectivity index (χ2n) is 6.10. The molecule has 0 bridgehead atoms. The van der Waals surface area contributed by atoms with Gasteiger partial charge in [-0.05, 0) is 18.3 Å². The van der Waals surface area contributed by atoms with E-state index in [-0.39, 0.29) is 17.8 Å². The van der Waals surface area contributed by atoms with Crippen molar-refractivity contribution in [3.05, 3.63) is 23.0 Å². The monoisotopic (exact) mass is 266 g/mol. The number of aromatic nitrogens is 1. The highest BCUT2D eigenvalue weighted by Gasteiger charge is 2.22. The number of aromatic hydroxyl groups is 1. The summed E-state index contributed by atoms with van der Waals surface area (Å²) in [5, 5.41) is 22.7. The van der Waals surface area contributed by atoms with Crippen LogP contribution in [0.1, 0.15) is 44.5 Å². The number of aliphatic hydroxyl groups excluding tert-OH is 1. The standard InChI is InChI=1S/C15H26N2O2/c1-10(2)15(4,5)9-16-7-13-12(8-18)6-17-11(3)14(13)19/h6,10,16,18-19H,7-9H2,1-5H3. The molecule has 4 heteroatoms.